The van der Waals surface area contributed by atoms with Crippen molar-refractivity contribution in [1.82, 2.24) is 0 Å². The van der Waals surface area contributed by atoms with Crippen LogP contribution in [0, 0.1) is 52.3 Å². The second kappa shape index (κ2) is 8.22. The van der Waals surface area contributed by atoms with Gasteiger partial charge in [0.1, 0.15) is 0 Å². The van der Waals surface area contributed by atoms with Crippen molar-refractivity contribution in [3.63, 3.8) is 0 Å². The quantitative estimate of drug-likeness (QED) is 0.495. The van der Waals surface area contributed by atoms with Crippen molar-refractivity contribution >= 4 is 0 Å². The highest BCUT2D eigenvalue weighted by molar-refractivity contribution is 5.29. The summed E-state index contributed by atoms with van der Waals surface area (Å²) in [6.45, 7) is 14.7. The maximum absolute atomic E-state index is 11.1. The van der Waals surface area contributed by atoms with Crippen molar-refractivity contribution in [3.05, 3.63) is 11.6 Å². The molecule has 3 saturated carbocycles. The van der Waals surface area contributed by atoms with Crippen LogP contribution in [0.4, 0.5) is 0 Å². The predicted molar refractivity (Wildman–Crippen MR) is 125 cm³/mol. The lowest BCUT2D eigenvalue weighted by molar-refractivity contribution is -0.0875. The van der Waals surface area contributed by atoms with Crippen molar-refractivity contribution in [2.24, 2.45) is 52.3 Å². The van der Waals surface area contributed by atoms with Crippen molar-refractivity contribution in [1.29, 1.82) is 0 Å². The van der Waals surface area contributed by atoms with Crippen LogP contribution in [0.15, 0.2) is 11.6 Å². The highest BCUT2D eigenvalue weighted by atomic mass is 16.3. The van der Waals surface area contributed by atoms with Crippen LogP contribution in [0.5, 0.6) is 0 Å². The Morgan fingerprint density at radius 2 is 1.67 bits per heavy atom. The monoisotopic (exact) mass is 416 g/mol. The molecule has 0 aromatic heterocycles. The average molecular weight is 417 g/mol. The van der Waals surface area contributed by atoms with Gasteiger partial charge in [-0.05, 0) is 103 Å². The summed E-state index contributed by atoms with van der Waals surface area (Å²) >= 11 is 0. The molecule has 2 nitrogen and oxygen atoms in total. The molecular formula is C28H48O2. The first kappa shape index (κ1) is 22.8. The minimum Gasteiger partial charge on any atom is -0.389 e. The summed E-state index contributed by atoms with van der Waals surface area (Å²) in [5, 5.41) is 21.3. The van der Waals surface area contributed by atoms with E-state index in [1.807, 2.05) is 6.08 Å². The molecule has 2 heteroatoms. The number of hydrogen-bond donors (Lipinski definition) is 2. The number of fused-ring (bicyclic) bond motifs is 5. The topological polar surface area (TPSA) is 40.5 Å². The summed E-state index contributed by atoms with van der Waals surface area (Å²) in [7, 11) is 0. The lowest BCUT2D eigenvalue weighted by Crippen LogP contribution is -2.54. The normalized spacial score (nSPS) is 47.8. The first-order valence-corrected chi connectivity index (χ1v) is 13.2. The lowest BCUT2D eigenvalue weighted by atomic mass is 9.46. The SMILES string of the molecule is CC(C)[C@@H](C)CC[C@@H](C)C1CCC2C3C[C@@H](O)C4=C[C@@H](O)CC[C@]4(C)C3CC[C@@]21C. The molecule has 10 atom stereocenters. The summed E-state index contributed by atoms with van der Waals surface area (Å²) in [5.41, 5.74) is 1.75. The van der Waals surface area contributed by atoms with Crippen LogP contribution in [0.1, 0.15) is 99.3 Å². The summed E-state index contributed by atoms with van der Waals surface area (Å²) < 4.78 is 0. The summed E-state index contributed by atoms with van der Waals surface area (Å²) in [6.07, 6.45) is 12.4. The van der Waals surface area contributed by atoms with Crippen LogP contribution < -0.4 is 0 Å². The Balaban J connectivity index is 1.52. The Kier molecular flexibility index (Phi) is 6.26. The second-order valence-corrected chi connectivity index (χ2v) is 12.8. The van der Waals surface area contributed by atoms with Gasteiger partial charge >= 0.3 is 0 Å². The van der Waals surface area contributed by atoms with Crippen molar-refractivity contribution in [2.75, 3.05) is 0 Å². The molecule has 0 saturated heterocycles. The molecule has 0 aromatic rings. The summed E-state index contributed by atoms with van der Waals surface area (Å²) in [6, 6.07) is 0. The zero-order valence-electron chi connectivity index (χ0n) is 20.5. The average Bonchev–Trinajstić information content (AvgIpc) is 3.04. The molecule has 0 radical (unpaired) electrons. The van der Waals surface area contributed by atoms with E-state index in [1.165, 1.54) is 44.1 Å². The molecule has 30 heavy (non-hydrogen) atoms. The van der Waals surface area contributed by atoms with Gasteiger partial charge in [0.15, 0.2) is 0 Å². The van der Waals surface area contributed by atoms with Crippen LogP contribution in [0.25, 0.3) is 0 Å². The van der Waals surface area contributed by atoms with Crippen LogP contribution in [-0.2, 0) is 0 Å². The molecule has 4 unspecified atom stereocenters. The highest BCUT2D eigenvalue weighted by Crippen LogP contribution is 2.67. The van der Waals surface area contributed by atoms with E-state index in [2.05, 4.69) is 41.5 Å². The van der Waals surface area contributed by atoms with Crippen LogP contribution in [0.2, 0.25) is 0 Å². The van der Waals surface area contributed by atoms with Gasteiger partial charge in [-0.15, -0.1) is 0 Å². The van der Waals surface area contributed by atoms with E-state index in [-0.39, 0.29) is 17.6 Å². The van der Waals surface area contributed by atoms with Crippen molar-refractivity contribution < 1.29 is 10.2 Å². The standard InChI is InChI=1S/C28H48O2/c1-17(2)18(3)7-8-19(4)22-9-10-23-21-16-26(30)25-15-20(29)11-13-28(25,6)24(21)12-14-27(22,23)5/h15,17-24,26,29-30H,7-14,16H2,1-6H3/t18-,19+,20-,21?,22?,23?,24?,26+,27+,28+/m0/s1. The van der Waals surface area contributed by atoms with Gasteiger partial charge in [-0.25, -0.2) is 0 Å². The van der Waals surface area contributed by atoms with Gasteiger partial charge in [0.05, 0.1) is 12.2 Å². The third-order valence-corrected chi connectivity index (χ3v) is 11.1. The molecule has 4 rings (SSSR count). The van der Waals surface area contributed by atoms with Crippen LogP contribution in [-0.4, -0.2) is 22.4 Å². The van der Waals surface area contributed by atoms with Gasteiger partial charge < -0.3 is 10.2 Å². The molecular weight excluding hydrogens is 368 g/mol. The molecule has 0 bridgehead atoms. The van der Waals surface area contributed by atoms with E-state index in [0.29, 0.717) is 17.3 Å². The molecule has 172 valence electrons. The summed E-state index contributed by atoms with van der Waals surface area (Å²) in [4.78, 5) is 0. The number of hydrogen-bond acceptors (Lipinski definition) is 2. The first-order valence-electron chi connectivity index (χ1n) is 13.2. The highest BCUT2D eigenvalue weighted by Gasteiger charge is 2.60. The van der Waals surface area contributed by atoms with E-state index in [9.17, 15) is 10.2 Å². The largest absolute Gasteiger partial charge is 0.389 e. The van der Waals surface area contributed by atoms with E-state index in [4.69, 9.17) is 0 Å². The zero-order chi connectivity index (χ0) is 21.8. The van der Waals surface area contributed by atoms with Gasteiger partial charge in [0.25, 0.3) is 0 Å². The Morgan fingerprint density at radius 1 is 0.933 bits per heavy atom. The van der Waals surface area contributed by atoms with Crippen molar-refractivity contribution in [3.8, 4) is 0 Å². The molecule has 0 aliphatic heterocycles. The third kappa shape index (κ3) is 3.62. The maximum atomic E-state index is 11.1. The molecule has 0 amide bonds. The predicted octanol–water partition coefficient (Wildman–Crippen LogP) is 6.61. The molecule has 0 spiro atoms. The Morgan fingerprint density at radius 3 is 2.37 bits per heavy atom. The Bertz CT molecular complexity index is 653. The Hall–Kier alpha value is -0.340. The minimum absolute atomic E-state index is 0.110. The molecule has 0 aromatic carbocycles. The zero-order valence-corrected chi connectivity index (χ0v) is 20.5. The van der Waals surface area contributed by atoms with Gasteiger partial charge in [-0.3, -0.25) is 0 Å². The van der Waals surface area contributed by atoms with Gasteiger partial charge in [-0.1, -0.05) is 60.5 Å². The fourth-order valence-corrected chi connectivity index (χ4v) is 8.79. The number of rotatable bonds is 5. The number of aliphatic hydroxyl groups excluding tert-OH is 2. The first-order chi connectivity index (χ1) is 14.1. The molecule has 2 N–H and O–H groups in total. The van der Waals surface area contributed by atoms with Gasteiger partial charge in [0, 0.05) is 0 Å². The maximum Gasteiger partial charge on any atom is 0.0759 e. The van der Waals surface area contributed by atoms with E-state index < -0.39 is 0 Å². The lowest BCUT2D eigenvalue weighted by Gasteiger charge is -2.60. The second-order valence-electron chi connectivity index (χ2n) is 12.8. The summed E-state index contributed by atoms with van der Waals surface area (Å²) in [5.74, 6) is 5.45. The fourth-order valence-electron chi connectivity index (χ4n) is 8.79. The molecule has 0 heterocycles. The van der Waals surface area contributed by atoms with E-state index in [0.717, 1.165) is 48.9 Å². The van der Waals surface area contributed by atoms with Gasteiger partial charge in [-0.2, -0.15) is 0 Å². The Labute approximate surface area is 185 Å². The van der Waals surface area contributed by atoms with E-state index in [1.54, 1.807) is 0 Å². The van der Waals surface area contributed by atoms with Crippen LogP contribution in [0.3, 0.4) is 0 Å². The number of aliphatic hydroxyl groups is 2. The van der Waals surface area contributed by atoms with Crippen LogP contribution >= 0.6 is 0 Å². The fraction of sp³-hybridized carbons (Fsp3) is 0.929. The molecule has 4 aliphatic rings. The minimum atomic E-state index is -0.349. The van der Waals surface area contributed by atoms with Gasteiger partial charge in [0.2, 0.25) is 0 Å². The molecule has 3 fully saturated rings. The van der Waals surface area contributed by atoms with Crippen molar-refractivity contribution in [2.45, 2.75) is 112 Å². The molecule has 4 aliphatic carbocycles. The third-order valence-electron chi connectivity index (χ3n) is 11.1. The van der Waals surface area contributed by atoms with E-state index >= 15 is 0 Å². The smallest absolute Gasteiger partial charge is 0.0759 e.